The van der Waals surface area contributed by atoms with Crippen LogP contribution in [0.15, 0.2) is 4.99 Å². The third kappa shape index (κ3) is 9.79. The van der Waals surface area contributed by atoms with Crippen molar-refractivity contribution in [3.8, 4) is 0 Å². The van der Waals surface area contributed by atoms with Crippen LogP contribution in [-0.2, 0) is 14.4 Å². The number of hydrogen-bond donors (Lipinski definition) is 7. The number of aliphatic hydroxyl groups is 1. The Balaban J connectivity index is 4.97. The number of carbonyl (C=O) groups is 3. The van der Waals surface area contributed by atoms with Crippen molar-refractivity contribution in [3.05, 3.63) is 0 Å². The van der Waals surface area contributed by atoms with Gasteiger partial charge in [-0.15, -0.1) is 0 Å². The van der Waals surface area contributed by atoms with E-state index in [9.17, 15) is 14.4 Å². The molecule has 0 aromatic rings. The number of nitrogens with zero attached hydrogens (tertiary/aromatic N) is 1. The zero-order chi connectivity index (χ0) is 20.3. The van der Waals surface area contributed by atoms with Gasteiger partial charge in [0.1, 0.15) is 12.1 Å². The number of aliphatic hydroxyl groups excluding tert-OH is 1. The van der Waals surface area contributed by atoms with Crippen LogP contribution in [0.25, 0.3) is 0 Å². The Morgan fingerprint density at radius 3 is 2.12 bits per heavy atom. The molecule has 0 heterocycles. The Bertz CT molecular complexity index is 507. The number of aliphatic imine (C=N–C) groups is 1. The van der Waals surface area contributed by atoms with Crippen molar-refractivity contribution >= 4 is 23.7 Å². The van der Waals surface area contributed by atoms with Crippen LogP contribution in [0.4, 0.5) is 0 Å². The zero-order valence-electron chi connectivity index (χ0n) is 15.1. The maximum atomic E-state index is 12.3. The molecule has 0 aliphatic heterocycles. The van der Waals surface area contributed by atoms with Gasteiger partial charge in [0.15, 0.2) is 5.96 Å². The number of carbonyl (C=O) groups excluding carboxylic acids is 2. The molecule has 0 bridgehead atoms. The van der Waals surface area contributed by atoms with Crippen LogP contribution >= 0.6 is 0 Å². The molecule has 3 atom stereocenters. The highest BCUT2D eigenvalue weighted by Crippen LogP contribution is 2.05. The Morgan fingerprint density at radius 1 is 1.08 bits per heavy atom. The number of rotatable bonds is 12. The van der Waals surface area contributed by atoms with E-state index in [2.05, 4.69) is 15.6 Å². The predicted octanol–water partition coefficient (Wildman–Crippen LogP) is -2.54. The van der Waals surface area contributed by atoms with E-state index in [1.54, 1.807) is 0 Å². The second kappa shape index (κ2) is 12.0. The van der Waals surface area contributed by atoms with Gasteiger partial charge in [0.2, 0.25) is 11.8 Å². The lowest BCUT2D eigenvalue weighted by Gasteiger charge is -2.22. The van der Waals surface area contributed by atoms with E-state index in [1.807, 2.05) is 13.8 Å². The molecule has 0 aliphatic carbocycles. The van der Waals surface area contributed by atoms with Gasteiger partial charge in [-0.05, 0) is 25.2 Å². The van der Waals surface area contributed by atoms with Gasteiger partial charge >= 0.3 is 5.97 Å². The molecule has 11 nitrogen and oxygen atoms in total. The minimum absolute atomic E-state index is 0.0970. The van der Waals surface area contributed by atoms with Crippen LogP contribution in [0.2, 0.25) is 0 Å². The summed E-state index contributed by atoms with van der Waals surface area (Å²) in [5, 5.41) is 22.6. The summed E-state index contributed by atoms with van der Waals surface area (Å²) in [5.74, 6) is -2.54. The van der Waals surface area contributed by atoms with Gasteiger partial charge in [-0.25, -0.2) is 4.79 Å². The van der Waals surface area contributed by atoms with Crippen molar-refractivity contribution in [3.63, 3.8) is 0 Å². The summed E-state index contributed by atoms with van der Waals surface area (Å²) in [7, 11) is 0. The normalized spacial score (nSPS) is 14.2. The SMILES string of the molecule is CC(C)C[C@H](N)C(=O)N[C@@H](CCCN=C(N)N)C(=O)N[C@@H](CO)C(=O)O. The van der Waals surface area contributed by atoms with Gasteiger partial charge in [-0.2, -0.15) is 0 Å². The monoisotopic (exact) mass is 374 g/mol. The summed E-state index contributed by atoms with van der Waals surface area (Å²) in [6.45, 7) is 3.28. The summed E-state index contributed by atoms with van der Waals surface area (Å²) < 4.78 is 0. The van der Waals surface area contributed by atoms with Gasteiger partial charge in [0.25, 0.3) is 0 Å². The fourth-order valence-electron chi connectivity index (χ4n) is 2.12. The van der Waals surface area contributed by atoms with Gasteiger partial charge in [0.05, 0.1) is 12.6 Å². The molecule has 10 N–H and O–H groups in total. The number of guanidine groups is 1. The number of carboxylic acids is 1. The van der Waals surface area contributed by atoms with Crippen LogP contribution in [0.3, 0.4) is 0 Å². The standard InChI is InChI=1S/C15H30N6O5/c1-8(2)6-9(16)12(23)20-10(4-3-5-19-15(17)18)13(24)21-11(7-22)14(25)26/h8-11,22H,3-7,16H2,1-2H3,(H,20,23)(H,21,24)(H,25,26)(H4,17,18,19)/t9-,10-,11-/m0/s1. The number of nitrogens with one attached hydrogen (secondary N) is 2. The summed E-state index contributed by atoms with van der Waals surface area (Å²) in [4.78, 5) is 39.2. The number of nitrogens with two attached hydrogens (primary N) is 3. The van der Waals surface area contributed by atoms with Crippen molar-refractivity contribution in [2.45, 2.75) is 51.2 Å². The van der Waals surface area contributed by atoms with E-state index in [4.69, 9.17) is 27.4 Å². The van der Waals surface area contributed by atoms with Crippen molar-refractivity contribution in [1.29, 1.82) is 0 Å². The third-order valence-electron chi connectivity index (χ3n) is 3.44. The smallest absolute Gasteiger partial charge is 0.328 e. The summed E-state index contributed by atoms with van der Waals surface area (Å²) in [5.41, 5.74) is 16.2. The number of aliphatic carboxylic acids is 1. The molecule has 0 fully saturated rings. The van der Waals surface area contributed by atoms with E-state index in [0.717, 1.165) is 0 Å². The Hall–Kier alpha value is -2.40. The van der Waals surface area contributed by atoms with Crippen molar-refractivity contribution < 1.29 is 24.6 Å². The maximum absolute atomic E-state index is 12.3. The van der Waals surface area contributed by atoms with Gasteiger partial charge < -0.3 is 38.0 Å². The topological polar surface area (TPSA) is 206 Å². The van der Waals surface area contributed by atoms with E-state index >= 15 is 0 Å². The number of amides is 2. The van der Waals surface area contributed by atoms with Crippen LogP contribution in [0.5, 0.6) is 0 Å². The fourth-order valence-corrected chi connectivity index (χ4v) is 2.12. The first-order chi connectivity index (χ1) is 12.1. The minimum atomic E-state index is -1.47. The number of carboxylic acid groups (broad SMARTS) is 1. The fraction of sp³-hybridized carbons (Fsp3) is 0.733. The molecule has 0 spiro atoms. The second-order valence-corrected chi connectivity index (χ2v) is 6.33. The highest BCUT2D eigenvalue weighted by Gasteiger charge is 2.27. The second-order valence-electron chi connectivity index (χ2n) is 6.33. The van der Waals surface area contributed by atoms with Gasteiger partial charge in [0, 0.05) is 6.54 Å². The zero-order valence-corrected chi connectivity index (χ0v) is 15.1. The quantitative estimate of drug-likeness (QED) is 0.110. The molecule has 150 valence electrons. The average Bonchev–Trinajstić information content (AvgIpc) is 2.53. The molecule has 0 unspecified atom stereocenters. The molecule has 2 amide bonds. The molecule has 26 heavy (non-hydrogen) atoms. The number of hydrogen-bond acceptors (Lipinski definition) is 6. The summed E-state index contributed by atoms with van der Waals surface area (Å²) in [6.07, 6.45) is 0.968. The molecule has 0 aliphatic rings. The first kappa shape index (κ1) is 23.6. The first-order valence-electron chi connectivity index (χ1n) is 8.33. The van der Waals surface area contributed by atoms with Crippen LogP contribution < -0.4 is 27.8 Å². The lowest BCUT2D eigenvalue weighted by molar-refractivity contribution is -0.143. The van der Waals surface area contributed by atoms with Crippen molar-refractivity contribution in [2.75, 3.05) is 13.2 Å². The van der Waals surface area contributed by atoms with Crippen LogP contribution in [-0.4, -0.2) is 65.2 Å². The molecule has 0 aromatic carbocycles. The lowest BCUT2D eigenvalue weighted by atomic mass is 10.0. The summed E-state index contributed by atoms with van der Waals surface area (Å²) >= 11 is 0. The van der Waals surface area contributed by atoms with E-state index < -0.39 is 42.5 Å². The first-order valence-corrected chi connectivity index (χ1v) is 8.33. The maximum Gasteiger partial charge on any atom is 0.328 e. The van der Waals surface area contributed by atoms with Crippen LogP contribution in [0.1, 0.15) is 33.1 Å². The molecule has 0 aromatic heterocycles. The Morgan fingerprint density at radius 2 is 1.65 bits per heavy atom. The Labute approximate surface area is 152 Å². The largest absolute Gasteiger partial charge is 0.480 e. The van der Waals surface area contributed by atoms with Crippen molar-refractivity contribution in [2.24, 2.45) is 28.1 Å². The highest BCUT2D eigenvalue weighted by molar-refractivity contribution is 5.91. The predicted molar refractivity (Wildman–Crippen MR) is 95.9 cm³/mol. The highest BCUT2D eigenvalue weighted by atomic mass is 16.4. The molecule has 0 radical (unpaired) electrons. The average molecular weight is 374 g/mol. The molecule has 0 saturated carbocycles. The third-order valence-corrected chi connectivity index (χ3v) is 3.44. The molecule has 0 rings (SSSR count). The van der Waals surface area contributed by atoms with E-state index in [-0.39, 0.29) is 24.8 Å². The minimum Gasteiger partial charge on any atom is -0.480 e. The Kier molecular flexibility index (Phi) is 10.9. The van der Waals surface area contributed by atoms with E-state index in [0.29, 0.717) is 12.8 Å². The lowest BCUT2D eigenvalue weighted by Crippen LogP contribution is -2.55. The van der Waals surface area contributed by atoms with Crippen LogP contribution in [0, 0.1) is 5.92 Å². The van der Waals surface area contributed by atoms with Gasteiger partial charge in [-0.1, -0.05) is 13.8 Å². The van der Waals surface area contributed by atoms with Crippen molar-refractivity contribution in [1.82, 2.24) is 10.6 Å². The van der Waals surface area contributed by atoms with Gasteiger partial charge in [-0.3, -0.25) is 14.6 Å². The molecule has 0 saturated heterocycles. The molecular weight excluding hydrogens is 344 g/mol. The molecule has 11 heteroatoms. The summed E-state index contributed by atoms with van der Waals surface area (Å²) in [6, 6.07) is -3.29. The molecular formula is C15H30N6O5. The van der Waals surface area contributed by atoms with E-state index in [1.165, 1.54) is 0 Å².